The van der Waals surface area contributed by atoms with Crippen molar-refractivity contribution in [2.45, 2.75) is 6.54 Å². The van der Waals surface area contributed by atoms with Crippen LogP contribution in [0.25, 0.3) is 0 Å². The highest BCUT2D eigenvalue weighted by Gasteiger charge is 2.04. The number of halogens is 4. The normalized spacial score (nSPS) is 10.4. The van der Waals surface area contributed by atoms with Crippen molar-refractivity contribution >= 4 is 17.3 Å². The van der Waals surface area contributed by atoms with E-state index in [0.29, 0.717) is 11.3 Å². The highest BCUT2D eigenvalue weighted by Crippen LogP contribution is 2.19. The van der Waals surface area contributed by atoms with E-state index in [1.54, 1.807) is 6.07 Å². The molecule has 0 aliphatic rings. The molecule has 5 heteroatoms. The average Bonchev–Trinajstić information content (AvgIpc) is 2.35. The van der Waals surface area contributed by atoms with Crippen LogP contribution < -0.4 is 5.32 Å². The first-order chi connectivity index (χ1) is 8.56. The molecule has 0 aromatic heterocycles. The zero-order chi connectivity index (χ0) is 13.1. The molecule has 94 valence electrons. The van der Waals surface area contributed by atoms with Gasteiger partial charge in [0.05, 0.1) is 5.02 Å². The van der Waals surface area contributed by atoms with Gasteiger partial charge in [0.25, 0.3) is 0 Å². The number of benzene rings is 2. The van der Waals surface area contributed by atoms with Gasteiger partial charge in [0, 0.05) is 12.2 Å². The summed E-state index contributed by atoms with van der Waals surface area (Å²) < 4.78 is 38.8. The Morgan fingerprint density at radius 1 is 0.889 bits per heavy atom. The van der Waals surface area contributed by atoms with Crippen molar-refractivity contribution in [2.24, 2.45) is 0 Å². The molecule has 2 aromatic carbocycles. The minimum atomic E-state index is -0.906. The molecule has 0 aliphatic carbocycles. The van der Waals surface area contributed by atoms with Gasteiger partial charge in [0.1, 0.15) is 5.82 Å². The van der Waals surface area contributed by atoms with Crippen LogP contribution in [0, 0.1) is 17.5 Å². The van der Waals surface area contributed by atoms with Crippen LogP contribution in [0.15, 0.2) is 36.4 Å². The van der Waals surface area contributed by atoms with Crippen LogP contribution in [0.4, 0.5) is 18.9 Å². The molecule has 0 amide bonds. The van der Waals surface area contributed by atoms with Crippen molar-refractivity contribution < 1.29 is 13.2 Å². The fourth-order valence-corrected chi connectivity index (χ4v) is 1.58. The van der Waals surface area contributed by atoms with Gasteiger partial charge in [-0.05, 0) is 35.9 Å². The summed E-state index contributed by atoms with van der Waals surface area (Å²) in [6, 6.07) is 7.86. The molecule has 1 N–H and O–H groups in total. The molecule has 0 spiro atoms. The second-order valence-electron chi connectivity index (χ2n) is 3.73. The van der Waals surface area contributed by atoms with E-state index in [-0.39, 0.29) is 11.6 Å². The Balaban J connectivity index is 2.06. The number of nitrogens with one attached hydrogen (secondary N) is 1. The fraction of sp³-hybridized carbons (Fsp3) is 0.0769. The highest BCUT2D eigenvalue weighted by molar-refractivity contribution is 6.30. The van der Waals surface area contributed by atoms with E-state index in [2.05, 4.69) is 5.32 Å². The van der Waals surface area contributed by atoms with Gasteiger partial charge in [-0.25, -0.2) is 13.2 Å². The number of hydrogen-bond acceptors (Lipinski definition) is 1. The van der Waals surface area contributed by atoms with E-state index in [9.17, 15) is 13.2 Å². The number of anilines is 1. The van der Waals surface area contributed by atoms with E-state index in [0.717, 1.165) is 12.1 Å². The lowest BCUT2D eigenvalue weighted by molar-refractivity contribution is 0.507. The van der Waals surface area contributed by atoms with Crippen LogP contribution in [0.2, 0.25) is 5.02 Å². The monoisotopic (exact) mass is 271 g/mol. The molecule has 2 rings (SSSR count). The molecular weight excluding hydrogens is 263 g/mol. The molecule has 0 saturated heterocycles. The lowest BCUT2D eigenvalue weighted by atomic mass is 10.2. The minimum Gasteiger partial charge on any atom is -0.381 e. The molecule has 0 radical (unpaired) electrons. The van der Waals surface area contributed by atoms with E-state index >= 15 is 0 Å². The quantitative estimate of drug-likeness (QED) is 0.874. The van der Waals surface area contributed by atoms with Crippen LogP contribution >= 0.6 is 11.6 Å². The molecule has 0 saturated carbocycles. The van der Waals surface area contributed by atoms with Crippen molar-refractivity contribution in [3.63, 3.8) is 0 Å². The summed E-state index contributed by atoms with van der Waals surface area (Å²) in [5, 5.41) is 2.92. The summed E-state index contributed by atoms with van der Waals surface area (Å²) in [6.07, 6.45) is 0. The SMILES string of the molecule is Fc1ccc(CNc2ccc(Cl)c(F)c2)cc1F. The van der Waals surface area contributed by atoms with Gasteiger partial charge in [-0.1, -0.05) is 17.7 Å². The lowest BCUT2D eigenvalue weighted by Crippen LogP contribution is -2.00. The van der Waals surface area contributed by atoms with E-state index in [1.165, 1.54) is 18.2 Å². The maximum Gasteiger partial charge on any atom is 0.159 e. The average molecular weight is 272 g/mol. The Bertz CT molecular complexity index is 521. The molecule has 0 atom stereocenters. The van der Waals surface area contributed by atoms with Crippen molar-refractivity contribution in [1.82, 2.24) is 0 Å². The summed E-state index contributed by atoms with van der Waals surface area (Å²) in [6.45, 7) is 0.262. The highest BCUT2D eigenvalue weighted by atomic mass is 35.5. The Labute approximate surface area is 107 Å². The zero-order valence-electron chi connectivity index (χ0n) is 9.18. The maximum atomic E-state index is 13.1. The molecule has 2 aromatic rings. The number of rotatable bonds is 3. The van der Waals surface area contributed by atoms with E-state index < -0.39 is 17.5 Å². The number of hydrogen-bond donors (Lipinski definition) is 1. The van der Waals surface area contributed by atoms with Gasteiger partial charge in [0.15, 0.2) is 11.6 Å². The molecule has 0 heterocycles. The largest absolute Gasteiger partial charge is 0.381 e. The predicted octanol–water partition coefficient (Wildman–Crippen LogP) is 4.37. The van der Waals surface area contributed by atoms with Gasteiger partial charge in [-0.15, -0.1) is 0 Å². The van der Waals surface area contributed by atoms with Gasteiger partial charge >= 0.3 is 0 Å². The Kier molecular flexibility index (Phi) is 3.77. The van der Waals surface area contributed by atoms with Crippen LogP contribution in [-0.4, -0.2) is 0 Å². The Morgan fingerprint density at radius 2 is 1.67 bits per heavy atom. The van der Waals surface area contributed by atoms with Crippen molar-refractivity contribution in [3.05, 3.63) is 64.4 Å². The van der Waals surface area contributed by atoms with Crippen LogP contribution in [0.1, 0.15) is 5.56 Å². The van der Waals surface area contributed by atoms with Crippen molar-refractivity contribution in [3.8, 4) is 0 Å². The minimum absolute atomic E-state index is 0.0355. The molecule has 1 nitrogen and oxygen atoms in total. The second kappa shape index (κ2) is 5.31. The van der Waals surface area contributed by atoms with Gasteiger partial charge in [-0.3, -0.25) is 0 Å². The maximum absolute atomic E-state index is 13.1. The fourth-order valence-electron chi connectivity index (χ4n) is 1.46. The van der Waals surface area contributed by atoms with Gasteiger partial charge in [-0.2, -0.15) is 0 Å². The van der Waals surface area contributed by atoms with Crippen LogP contribution in [0.3, 0.4) is 0 Å². The third kappa shape index (κ3) is 2.96. The molecule has 0 fully saturated rings. The Hall–Kier alpha value is -1.68. The van der Waals surface area contributed by atoms with Crippen LogP contribution in [-0.2, 0) is 6.54 Å². The first-order valence-corrected chi connectivity index (χ1v) is 5.57. The standard InChI is InChI=1S/C13H9ClF3N/c14-10-3-2-9(6-12(10)16)18-7-8-1-4-11(15)13(17)5-8/h1-6,18H,7H2. The molecular formula is C13H9ClF3N. The summed E-state index contributed by atoms with van der Waals surface area (Å²) in [5.41, 5.74) is 1.07. The third-order valence-corrected chi connectivity index (χ3v) is 2.71. The Morgan fingerprint density at radius 3 is 2.33 bits per heavy atom. The summed E-state index contributed by atoms with van der Waals surface area (Å²) in [7, 11) is 0. The molecule has 0 aliphatic heterocycles. The third-order valence-electron chi connectivity index (χ3n) is 2.40. The second-order valence-corrected chi connectivity index (χ2v) is 4.14. The molecule has 0 bridgehead atoms. The van der Waals surface area contributed by atoms with E-state index in [1.807, 2.05) is 0 Å². The van der Waals surface area contributed by atoms with E-state index in [4.69, 9.17) is 11.6 Å². The summed E-state index contributed by atoms with van der Waals surface area (Å²) >= 11 is 5.54. The first kappa shape index (κ1) is 12.8. The molecule has 18 heavy (non-hydrogen) atoms. The summed E-state index contributed by atoms with van der Waals surface area (Å²) in [4.78, 5) is 0. The lowest BCUT2D eigenvalue weighted by Gasteiger charge is -2.07. The first-order valence-electron chi connectivity index (χ1n) is 5.19. The van der Waals surface area contributed by atoms with Gasteiger partial charge < -0.3 is 5.32 Å². The predicted molar refractivity (Wildman–Crippen MR) is 65.1 cm³/mol. The van der Waals surface area contributed by atoms with Crippen molar-refractivity contribution in [2.75, 3.05) is 5.32 Å². The zero-order valence-corrected chi connectivity index (χ0v) is 9.94. The van der Waals surface area contributed by atoms with Crippen LogP contribution in [0.5, 0.6) is 0 Å². The smallest absolute Gasteiger partial charge is 0.159 e. The topological polar surface area (TPSA) is 12.0 Å². The summed E-state index contributed by atoms with van der Waals surface area (Å²) in [5.74, 6) is -2.33. The molecule has 0 unspecified atom stereocenters. The van der Waals surface area contributed by atoms with Crippen molar-refractivity contribution in [1.29, 1.82) is 0 Å². The van der Waals surface area contributed by atoms with Gasteiger partial charge in [0.2, 0.25) is 0 Å².